The van der Waals surface area contributed by atoms with E-state index >= 15 is 0 Å². The number of likely N-dealkylation sites (tertiary alicyclic amines) is 1. The number of alkyl halides is 1. The Bertz CT molecular complexity index is 457. The first kappa shape index (κ1) is 12.4. The molecule has 2 nitrogen and oxygen atoms in total. The van der Waals surface area contributed by atoms with Gasteiger partial charge in [-0.25, -0.2) is 4.39 Å². The summed E-state index contributed by atoms with van der Waals surface area (Å²) in [5, 5.41) is 10.3. The van der Waals surface area contributed by atoms with E-state index in [1.165, 1.54) is 11.1 Å². The van der Waals surface area contributed by atoms with Crippen molar-refractivity contribution in [2.45, 2.75) is 37.6 Å². The van der Waals surface area contributed by atoms with Gasteiger partial charge in [0, 0.05) is 24.2 Å². The Hall–Kier alpha value is -0.640. The van der Waals surface area contributed by atoms with Crippen molar-refractivity contribution in [3.05, 3.63) is 34.3 Å². The van der Waals surface area contributed by atoms with E-state index in [4.69, 9.17) is 11.6 Å². The first-order valence-corrected chi connectivity index (χ1v) is 6.79. The van der Waals surface area contributed by atoms with Gasteiger partial charge in [0.25, 0.3) is 0 Å². The van der Waals surface area contributed by atoms with Crippen LogP contribution in [0.5, 0.6) is 0 Å². The van der Waals surface area contributed by atoms with Gasteiger partial charge in [0.05, 0.1) is 6.10 Å². The Labute approximate surface area is 111 Å². The van der Waals surface area contributed by atoms with Crippen LogP contribution in [-0.4, -0.2) is 41.4 Å². The highest BCUT2D eigenvalue weighted by Crippen LogP contribution is 2.41. The van der Waals surface area contributed by atoms with E-state index in [0.717, 1.165) is 11.4 Å². The van der Waals surface area contributed by atoms with Crippen LogP contribution in [0.1, 0.15) is 24.0 Å². The van der Waals surface area contributed by atoms with Gasteiger partial charge in [0.1, 0.15) is 6.17 Å². The second-order valence-electron chi connectivity index (χ2n) is 5.41. The summed E-state index contributed by atoms with van der Waals surface area (Å²) in [7, 11) is 0. The Morgan fingerprint density at radius 1 is 1.39 bits per heavy atom. The van der Waals surface area contributed by atoms with Crippen LogP contribution >= 0.6 is 11.6 Å². The van der Waals surface area contributed by atoms with E-state index in [9.17, 15) is 9.50 Å². The van der Waals surface area contributed by atoms with Crippen molar-refractivity contribution in [3.8, 4) is 0 Å². The molecule has 2 aliphatic rings. The van der Waals surface area contributed by atoms with Gasteiger partial charge in [0.15, 0.2) is 0 Å². The van der Waals surface area contributed by atoms with Crippen molar-refractivity contribution >= 4 is 11.6 Å². The average Bonchev–Trinajstić information content (AvgIpc) is 2.82. The molecule has 1 saturated heterocycles. The molecule has 1 aliphatic carbocycles. The number of halogens is 2. The van der Waals surface area contributed by atoms with Crippen LogP contribution in [0.4, 0.5) is 4.39 Å². The molecular weight excluding hydrogens is 253 g/mol. The van der Waals surface area contributed by atoms with Gasteiger partial charge in [-0.1, -0.05) is 30.7 Å². The molecule has 1 fully saturated rings. The van der Waals surface area contributed by atoms with Crippen molar-refractivity contribution in [1.29, 1.82) is 0 Å². The second kappa shape index (κ2) is 4.48. The first-order chi connectivity index (χ1) is 8.58. The molecule has 1 N–H and O–H groups in total. The second-order valence-corrected chi connectivity index (χ2v) is 5.82. The molecular formula is C14H17ClFNO. The molecule has 3 rings (SSSR count). The Balaban J connectivity index is 1.85. The van der Waals surface area contributed by atoms with E-state index in [-0.39, 0.29) is 6.04 Å². The summed E-state index contributed by atoms with van der Waals surface area (Å²) in [5.41, 5.74) is 2.46. The summed E-state index contributed by atoms with van der Waals surface area (Å²) in [6.45, 7) is 2.91. The fourth-order valence-corrected chi connectivity index (χ4v) is 3.72. The predicted molar refractivity (Wildman–Crippen MR) is 69.8 cm³/mol. The highest BCUT2D eigenvalue weighted by Gasteiger charge is 2.41. The Morgan fingerprint density at radius 2 is 2.17 bits per heavy atom. The zero-order valence-corrected chi connectivity index (χ0v) is 11.1. The van der Waals surface area contributed by atoms with Crippen LogP contribution < -0.4 is 0 Å². The standard InChI is InChI=1S/C14H17ClFNO/c1-8-12(17-6-11(16)13(18)7-17)5-9-3-2-4-10(15)14(8)9/h2-4,8,11-13,18H,5-7H2,1H3/t8-,11+,12+,13-/m0/s1. The number of fused-ring (bicyclic) bond motifs is 1. The van der Waals surface area contributed by atoms with E-state index in [1.807, 2.05) is 12.1 Å². The summed E-state index contributed by atoms with van der Waals surface area (Å²) in [6, 6.07) is 6.23. The summed E-state index contributed by atoms with van der Waals surface area (Å²) < 4.78 is 13.4. The monoisotopic (exact) mass is 269 g/mol. The number of β-amino-alcohol motifs (C(OH)–C–C–N with tert-alkyl or cyclic N) is 1. The van der Waals surface area contributed by atoms with Gasteiger partial charge in [-0.2, -0.15) is 0 Å². The lowest BCUT2D eigenvalue weighted by Gasteiger charge is -2.27. The fraction of sp³-hybridized carbons (Fsp3) is 0.571. The lowest BCUT2D eigenvalue weighted by atomic mass is 10.00. The number of hydrogen-bond donors (Lipinski definition) is 1. The van der Waals surface area contributed by atoms with Gasteiger partial charge >= 0.3 is 0 Å². The molecule has 4 atom stereocenters. The number of rotatable bonds is 1. The largest absolute Gasteiger partial charge is 0.389 e. The molecule has 0 radical (unpaired) electrons. The molecule has 98 valence electrons. The van der Waals surface area contributed by atoms with Crippen molar-refractivity contribution in [2.24, 2.45) is 0 Å². The topological polar surface area (TPSA) is 23.5 Å². The number of hydrogen-bond acceptors (Lipinski definition) is 2. The third-order valence-electron chi connectivity index (χ3n) is 4.32. The van der Waals surface area contributed by atoms with Crippen molar-refractivity contribution in [3.63, 3.8) is 0 Å². The quantitative estimate of drug-likeness (QED) is 0.846. The predicted octanol–water partition coefficient (Wildman–Crippen LogP) is 2.38. The summed E-state index contributed by atoms with van der Waals surface area (Å²) in [6.07, 6.45) is -1.05. The number of aliphatic hydroxyl groups excluding tert-OH is 1. The maximum Gasteiger partial charge on any atom is 0.140 e. The molecule has 0 bridgehead atoms. The SMILES string of the molecule is C[C@@H]1c2c(Cl)cccc2C[C@H]1N1C[C@@H](F)[C@@H](O)C1. The molecule has 1 heterocycles. The molecule has 4 heteroatoms. The van der Waals surface area contributed by atoms with Crippen LogP contribution in [0, 0.1) is 0 Å². The van der Waals surface area contributed by atoms with Crippen LogP contribution in [0.2, 0.25) is 5.02 Å². The van der Waals surface area contributed by atoms with Crippen molar-refractivity contribution in [2.75, 3.05) is 13.1 Å². The maximum atomic E-state index is 13.4. The Morgan fingerprint density at radius 3 is 2.78 bits per heavy atom. The lowest BCUT2D eigenvalue weighted by Crippen LogP contribution is -2.36. The van der Waals surface area contributed by atoms with Crippen LogP contribution in [-0.2, 0) is 6.42 Å². The molecule has 0 unspecified atom stereocenters. The molecule has 1 aromatic rings. The molecule has 18 heavy (non-hydrogen) atoms. The third kappa shape index (κ3) is 1.85. The highest BCUT2D eigenvalue weighted by molar-refractivity contribution is 6.31. The van der Waals surface area contributed by atoms with E-state index < -0.39 is 12.3 Å². The molecule has 0 saturated carbocycles. The smallest absolute Gasteiger partial charge is 0.140 e. The number of nitrogens with zero attached hydrogens (tertiary/aromatic N) is 1. The summed E-state index contributed by atoms with van der Waals surface area (Å²) >= 11 is 6.25. The van der Waals surface area contributed by atoms with Gasteiger partial charge in [-0.15, -0.1) is 0 Å². The minimum absolute atomic E-state index is 0.260. The zero-order valence-electron chi connectivity index (χ0n) is 10.3. The molecule has 1 aliphatic heterocycles. The minimum atomic E-state index is -1.11. The Kier molecular flexibility index (Phi) is 3.08. The molecule has 1 aromatic carbocycles. The maximum absolute atomic E-state index is 13.4. The van der Waals surface area contributed by atoms with Gasteiger partial charge < -0.3 is 5.11 Å². The van der Waals surface area contributed by atoms with E-state index in [2.05, 4.69) is 17.9 Å². The first-order valence-electron chi connectivity index (χ1n) is 6.41. The van der Waals surface area contributed by atoms with Gasteiger partial charge in [-0.05, 0) is 29.5 Å². The van der Waals surface area contributed by atoms with Crippen LogP contribution in [0.15, 0.2) is 18.2 Å². The van der Waals surface area contributed by atoms with E-state index in [1.54, 1.807) is 0 Å². The summed E-state index contributed by atoms with van der Waals surface area (Å²) in [4.78, 5) is 2.07. The van der Waals surface area contributed by atoms with Gasteiger partial charge in [0.2, 0.25) is 0 Å². The minimum Gasteiger partial charge on any atom is -0.389 e. The van der Waals surface area contributed by atoms with Crippen molar-refractivity contribution in [1.82, 2.24) is 4.90 Å². The van der Waals surface area contributed by atoms with E-state index in [0.29, 0.717) is 19.0 Å². The van der Waals surface area contributed by atoms with Crippen LogP contribution in [0.25, 0.3) is 0 Å². The summed E-state index contributed by atoms with van der Waals surface area (Å²) in [5.74, 6) is 0.297. The molecule has 0 amide bonds. The van der Waals surface area contributed by atoms with Crippen LogP contribution in [0.3, 0.4) is 0 Å². The zero-order chi connectivity index (χ0) is 12.9. The fourth-order valence-electron chi connectivity index (χ4n) is 3.36. The number of aliphatic hydroxyl groups is 1. The highest BCUT2D eigenvalue weighted by atomic mass is 35.5. The van der Waals surface area contributed by atoms with Crippen molar-refractivity contribution < 1.29 is 9.50 Å². The lowest BCUT2D eigenvalue weighted by molar-refractivity contribution is 0.113. The number of benzene rings is 1. The molecule has 0 aromatic heterocycles. The average molecular weight is 270 g/mol. The third-order valence-corrected chi connectivity index (χ3v) is 4.65. The molecule has 0 spiro atoms. The normalized spacial score (nSPS) is 36.0. The van der Waals surface area contributed by atoms with Gasteiger partial charge in [-0.3, -0.25) is 4.90 Å².